The summed E-state index contributed by atoms with van der Waals surface area (Å²) in [4.78, 5) is 12.4. The summed E-state index contributed by atoms with van der Waals surface area (Å²) in [5.41, 5.74) is 3.78. The largest absolute Gasteiger partial charge is 0.376 e. The molecule has 3 rings (SSSR count). The van der Waals surface area contributed by atoms with Gasteiger partial charge in [-0.25, -0.2) is 0 Å². The van der Waals surface area contributed by atoms with Gasteiger partial charge in [-0.3, -0.25) is 9.89 Å². The lowest BCUT2D eigenvalue weighted by atomic mass is 9.94. The zero-order chi connectivity index (χ0) is 13.9. The molecule has 20 heavy (non-hydrogen) atoms. The Kier molecular flexibility index (Phi) is 3.87. The zero-order valence-corrected chi connectivity index (χ0v) is 11.9. The van der Waals surface area contributed by atoms with Crippen LogP contribution in [-0.4, -0.2) is 28.8 Å². The third kappa shape index (κ3) is 2.63. The summed E-state index contributed by atoms with van der Waals surface area (Å²) >= 11 is 0. The molecule has 108 valence electrons. The van der Waals surface area contributed by atoms with E-state index >= 15 is 0 Å². The maximum absolute atomic E-state index is 12.4. The second-order valence-corrected chi connectivity index (χ2v) is 5.55. The van der Waals surface area contributed by atoms with Crippen molar-refractivity contribution >= 4 is 5.91 Å². The van der Waals surface area contributed by atoms with Crippen LogP contribution >= 0.6 is 0 Å². The fourth-order valence-corrected chi connectivity index (χ4v) is 2.91. The van der Waals surface area contributed by atoms with Gasteiger partial charge in [-0.2, -0.15) is 5.10 Å². The molecule has 5 heteroatoms. The molecule has 0 saturated heterocycles. The number of aromatic nitrogens is 2. The fourth-order valence-electron chi connectivity index (χ4n) is 2.91. The molecule has 1 aliphatic carbocycles. The standard InChI is InChI=1S/C15H21N3O2/c1-10(11-5-3-2-4-6-11)16-15(19)14-12-9-20-8-7-13(12)17-18-14/h5,10H,2-4,6-9H2,1H3,(H,16,19)(H,17,18)/t10-/m0/s1. The summed E-state index contributed by atoms with van der Waals surface area (Å²) < 4.78 is 5.42. The summed E-state index contributed by atoms with van der Waals surface area (Å²) in [6.07, 6.45) is 7.75. The number of hydrogen-bond donors (Lipinski definition) is 2. The van der Waals surface area contributed by atoms with Gasteiger partial charge in [0.1, 0.15) is 0 Å². The van der Waals surface area contributed by atoms with Crippen LogP contribution in [0, 0.1) is 0 Å². The van der Waals surface area contributed by atoms with Crippen LogP contribution in [0.5, 0.6) is 0 Å². The number of carbonyl (C=O) groups is 1. The lowest BCUT2D eigenvalue weighted by molar-refractivity contribution is 0.0917. The van der Waals surface area contributed by atoms with Crippen molar-refractivity contribution < 1.29 is 9.53 Å². The number of rotatable bonds is 3. The van der Waals surface area contributed by atoms with Crippen molar-refractivity contribution in [2.24, 2.45) is 0 Å². The average molecular weight is 275 g/mol. The van der Waals surface area contributed by atoms with Gasteiger partial charge < -0.3 is 10.1 Å². The van der Waals surface area contributed by atoms with Crippen LogP contribution in [0.3, 0.4) is 0 Å². The molecule has 1 aliphatic heterocycles. The molecule has 0 saturated carbocycles. The number of fused-ring (bicyclic) bond motifs is 1. The number of nitrogens with zero attached hydrogens (tertiary/aromatic N) is 1. The van der Waals surface area contributed by atoms with Gasteiger partial charge in [-0.05, 0) is 32.6 Å². The van der Waals surface area contributed by atoms with Crippen LogP contribution in [0.25, 0.3) is 0 Å². The van der Waals surface area contributed by atoms with Crippen LogP contribution in [0.15, 0.2) is 11.6 Å². The Morgan fingerprint density at radius 1 is 1.45 bits per heavy atom. The highest BCUT2D eigenvalue weighted by Gasteiger charge is 2.23. The number of ether oxygens (including phenoxy) is 1. The molecule has 0 aromatic carbocycles. The van der Waals surface area contributed by atoms with Crippen LogP contribution < -0.4 is 5.32 Å². The van der Waals surface area contributed by atoms with Crippen molar-refractivity contribution in [1.82, 2.24) is 15.5 Å². The average Bonchev–Trinajstić information content (AvgIpc) is 2.92. The Labute approximate surface area is 118 Å². The molecule has 1 atom stereocenters. The first-order valence-corrected chi connectivity index (χ1v) is 7.39. The summed E-state index contributed by atoms with van der Waals surface area (Å²) in [7, 11) is 0. The van der Waals surface area contributed by atoms with Crippen molar-refractivity contribution in [3.63, 3.8) is 0 Å². The molecule has 0 radical (unpaired) electrons. The van der Waals surface area contributed by atoms with Crippen molar-refractivity contribution in [2.75, 3.05) is 6.61 Å². The third-order valence-electron chi connectivity index (χ3n) is 4.14. The van der Waals surface area contributed by atoms with Gasteiger partial charge in [0.25, 0.3) is 5.91 Å². The van der Waals surface area contributed by atoms with Crippen molar-refractivity contribution in [1.29, 1.82) is 0 Å². The molecular weight excluding hydrogens is 254 g/mol. The number of H-pyrrole nitrogens is 1. The van der Waals surface area contributed by atoms with Gasteiger partial charge in [-0.15, -0.1) is 0 Å². The molecule has 0 bridgehead atoms. The van der Waals surface area contributed by atoms with Gasteiger partial charge in [0, 0.05) is 23.7 Å². The lowest BCUT2D eigenvalue weighted by Crippen LogP contribution is -2.35. The van der Waals surface area contributed by atoms with Crippen LogP contribution in [0.4, 0.5) is 0 Å². The molecule has 1 aromatic rings. The molecule has 1 aromatic heterocycles. The Morgan fingerprint density at radius 3 is 3.15 bits per heavy atom. The van der Waals surface area contributed by atoms with E-state index in [4.69, 9.17) is 4.74 Å². The zero-order valence-electron chi connectivity index (χ0n) is 11.9. The molecule has 1 amide bonds. The van der Waals surface area contributed by atoms with E-state index < -0.39 is 0 Å². The van der Waals surface area contributed by atoms with Crippen LogP contribution in [-0.2, 0) is 17.8 Å². The molecule has 0 unspecified atom stereocenters. The first-order valence-electron chi connectivity index (χ1n) is 7.39. The number of hydrogen-bond acceptors (Lipinski definition) is 3. The first-order chi connectivity index (χ1) is 9.75. The van der Waals surface area contributed by atoms with E-state index in [0.29, 0.717) is 18.9 Å². The number of nitrogens with one attached hydrogen (secondary N) is 2. The molecular formula is C15H21N3O2. The minimum atomic E-state index is -0.105. The highest BCUT2D eigenvalue weighted by Crippen LogP contribution is 2.21. The van der Waals surface area contributed by atoms with Gasteiger partial charge in [-0.1, -0.05) is 11.6 Å². The van der Waals surface area contributed by atoms with E-state index in [0.717, 1.165) is 30.5 Å². The summed E-state index contributed by atoms with van der Waals surface area (Å²) in [6, 6.07) is 0.0830. The van der Waals surface area contributed by atoms with Gasteiger partial charge in [0.15, 0.2) is 5.69 Å². The Bertz CT molecular complexity index is 533. The minimum Gasteiger partial charge on any atom is -0.376 e. The third-order valence-corrected chi connectivity index (χ3v) is 4.14. The number of amides is 1. The molecule has 5 nitrogen and oxygen atoms in total. The van der Waals surface area contributed by atoms with E-state index in [2.05, 4.69) is 21.6 Å². The SMILES string of the molecule is C[C@H](NC(=O)c1n[nH]c2c1COCC2)C1=CCCCC1. The number of allylic oxidation sites excluding steroid dienone is 1. The minimum absolute atomic E-state index is 0.0830. The summed E-state index contributed by atoms with van der Waals surface area (Å²) in [5, 5.41) is 10.2. The lowest BCUT2D eigenvalue weighted by Gasteiger charge is -2.21. The first kappa shape index (κ1) is 13.4. The topological polar surface area (TPSA) is 67.0 Å². The number of aromatic amines is 1. The maximum Gasteiger partial charge on any atom is 0.272 e. The molecule has 2 N–H and O–H groups in total. The second kappa shape index (κ2) is 5.79. The fraction of sp³-hybridized carbons (Fsp3) is 0.600. The Balaban J connectivity index is 1.70. The van der Waals surface area contributed by atoms with Crippen LogP contribution in [0.1, 0.15) is 54.4 Å². The van der Waals surface area contributed by atoms with Gasteiger partial charge in [0.2, 0.25) is 0 Å². The molecule has 0 spiro atoms. The van der Waals surface area contributed by atoms with Gasteiger partial charge >= 0.3 is 0 Å². The molecule has 2 aliphatic rings. The molecule has 0 fully saturated rings. The van der Waals surface area contributed by atoms with E-state index in [9.17, 15) is 4.79 Å². The summed E-state index contributed by atoms with van der Waals surface area (Å²) in [5.74, 6) is -0.105. The van der Waals surface area contributed by atoms with E-state index in [1.807, 2.05) is 6.92 Å². The maximum atomic E-state index is 12.4. The summed E-state index contributed by atoms with van der Waals surface area (Å²) in [6.45, 7) is 3.22. The Morgan fingerprint density at radius 2 is 2.35 bits per heavy atom. The highest BCUT2D eigenvalue weighted by atomic mass is 16.5. The van der Waals surface area contributed by atoms with Crippen molar-refractivity contribution in [2.45, 2.75) is 51.7 Å². The predicted octanol–water partition coefficient (Wildman–Crippen LogP) is 2.10. The van der Waals surface area contributed by atoms with E-state index in [-0.39, 0.29) is 11.9 Å². The van der Waals surface area contributed by atoms with E-state index in [1.165, 1.54) is 18.4 Å². The quantitative estimate of drug-likeness (QED) is 0.830. The van der Waals surface area contributed by atoms with Crippen LogP contribution in [0.2, 0.25) is 0 Å². The monoisotopic (exact) mass is 275 g/mol. The van der Waals surface area contributed by atoms with E-state index in [1.54, 1.807) is 0 Å². The smallest absolute Gasteiger partial charge is 0.272 e. The normalized spacial score (nSPS) is 19.9. The number of carbonyl (C=O) groups excluding carboxylic acids is 1. The van der Waals surface area contributed by atoms with Crippen molar-refractivity contribution in [3.8, 4) is 0 Å². The molecule has 2 heterocycles. The van der Waals surface area contributed by atoms with Gasteiger partial charge in [0.05, 0.1) is 13.2 Å². The Hall–Kier alpha value is -1.62. The highest BCUT2D eigenvalue weighted by molar-refractivity contribution is 5.94. The predicted molar refractivity (Wildman–Crippen MR) is 75.4 cm³/mol. The van der Waals surface area contributed by atoms with Crippen molar-refractivity contribution in [3.05, 3.63) is 28.6 Å². The second-order valence-electron chi connectivity index (χ2n) is 5.55.